The summed E-state index contributed by atoms with van der Waals surface area (Å²) in [4.78, 5) is 13.2. The molecule has 0 radical (unpaired) electrons. The van der Waals surface area contributed by atoms with Gasteiger partial charge in [0.1, 0.15) is 0 Å². The van der Waals surface area contributed by atoms with E-state index in [1.54, 1.807) is 30.5 Å². The monoisotopic (exact) mass is 339 g/mol. The number of aromatic carboxylic acids is 1. The van der Waals surface area contributed by atoms with E-state index in [9.17, 15) is 4.79 Å². The minimum Gasteiger partial charge on any atom is -0.478 e. The fraction of sp³-hybridized carbons (Fsp3) is 0.278. The highest BCUT2D eigenvalue weighted by Gasteiger charge is 2.28. The van der Waals surface area contributed by atoms with Gasteiger partial charge >= 0.3 is 5.97 Å². The summed E-state index contributed by atoms with van der Waals surface area (Å²) < 4.78 is 11.0. The Morgan fingerprint density at radius 3 is 2.80 bits per heavy atom. The zero-order valence-electron chi connectivity index (χ0n) is 13.5. The third-order valence-electron chi connectivity index (χ3n) is 4.40. The van der Waals surface area contributed by atoms with Crippen LogP contribution in [0.25, 0.3) is 11.7 Å². The molecule has 0 amide bonds. The van der Waals surface area contributed by atoms with Crippen LogP contribution in [0.5, 0.6) is 0 Å². The van der Waals surface area contributed by atoms with E-state index in [0.29, 0.717) is 23.1 Å². The lowest BCUT2D eigenvalue weighted by molar-refractivity contribution is 0.0697. The Morgan fingerprint density at radius 2 is 2.08 bits per heavy atom. The van der Waals surface area contributed by atoms with Crippen molar-refractivity contribution in [3.63, 3.8) is 0 Å². The molecule has 128 valence electrons. The molecule has 1 N–H and O–H groups in total. The van der Waals surface area contributed by atoms with Crippen molar-refractivity contribution in [2.24, 2.45) is 0 Å². The second kappa shape index (κ2) is 6.52. The van der Waals surface area contributed by atoms with Gasteiger partial charge in [0.05, 0.1) is 17.7 Å². The van der Waals surface area contributed by atoms with Crippen LogP contribution in [0.1, 0.15) is 34.2 Å². The first-order valence-corrected chi connectivity index (χ1v) is 8.11. The van der Waals surface area contributed by atoms with Gasteiger partial charge in [0.15, 0.2) is 5.76 Å². The molecule has 0 spiro atoms. The van der Waals surface area contributed by atoms with E-state index < -0.39 is 5.97 Å². The molecule has 25 heavy (non-hydrogen) atoms. The van der Waals surface area contributed by atoms with Gasteiger partial charge in [-0.3, -0.25) is 4.90 Å². The van der Waals surface area contributed by atoms with Crippen LogP contribution in [0.15, 0.2) is 51.5 Å². The van der Waals surface area contributed by atoms with Gasteiger partial charge in [-0.1, -0.05) is 12.1 Å². The number of rotatable bonds is 5. The molecular formula is C18H17N3O4. The average molecular weight is 339 g/mol. The number of furan rings is 1. The molecule has 4 rings (SSSR count). The Hall–Kier alpha value is -2.93. The largest absolute Gasteiger partial charge is 0.478 e. The van der Waals surface area contributed by atoms with Crippen LogP contribution in [-0.2, 0) is 6.54 Å². The average Bonchev–Trinajstić information content (AvgIpc) is 3.36. The summed E-state index contributed by atoms with van der Waals surface area (Å²) in [6.07, 6.45) is 2.53. The molecule has 1 aliphatic heterocycles. The summed E-state index contributed by atoms with van der Waals surface area (Å²) in [5.41, 5.74) is 1.40. The van der Waals surface area contributed by atoms with E-state index in [0.717, 1.165) is 31.6 Å². The maximum Gasteiger partial charge on any atom is 0.335 e. The highest BCUT2D eigenvalue weighted by atomic mass is 16.4. The fourth-order valence-corrected chi connectivity index (χ4v) is 3.09. The smallest absolute Gasteiger partial charge is 0.335 e. The molecule has 1 fully saturated rings. The van der Waals surface area contributed by atoms with Crippen LogP contribution < -0.4 is 0 Å². The number of aromatic nitrogens is 2. The van der Waals surface area contributed by atoms with Gasteiger partial charge in [-0.05, 0) is 42.8 Å². The maximum absolute atomic E-state index is 10.9. The van der Waals surface area contributed by atoms with E-state index in [2.05, 4.69) is 15.1 Å². The normalized spacial score (nSPS) is 17.8. The van der Waals surface area contributed by atoms with Gasteiger partial charge in [-0.25, -0.2) is 4.79 Å². The maximum atomic E-state index is 10.9. The lowest BCUT2D eigenvalue weighted by Crippen LogP contribution is -2.19. The third kappa shape index (κ3) is 3.32. The van der Waals surface area contributed by atoms with E-state index in [1.165, 1.54) is 0 Å². The van der Waals surface area contributed by atoms with Gasteiger partial charge in [0, 0.05) is 13.1 Å². The highest BCUT2D eigenvalue weighted by molar-refractivity contribution is 5.87. The SMILES string of the molecule is O=C(O)c1ccc(CN2CCC(c3nnc(-c4ccco4)o3)C2)cc1. The van der Waals surface area contributed by atoms with E-state index in [4.69, 9.17) is 13.9 Å². The number of carbonyl (C=O) groups is 1. The zero-order chi connectivity index (χ0) is 17.2. The Balaban J connectivity index is 1.39. The van der Waals surface area contributed by atoms with Crippen LogP contribution >= 0.6 is 0 Å². The topological polar surface area (TPSA) is 92.6 Å². The number of benzene rings is 1. The van der Waals surface area contributed by atoms with Crippen LogP contribution in [0.4, 0.5) is 0 Å². The molecule has 7 nitrogen and oxygen atoms in total. The summed E-state index contributed by atoms with van der Waals surface area (Å²) in [6.45, 7) is 2.54. The number of nitrogens with zero attached hydrogens (tertiary/aromatic N) is 3. The number of hydrogen-bond acceptors (Lipinski definition) is 6. The van der Waals surface area contributed by atoms with Crippen molar-refractivity contribution in [1.82, 2.24) is 15.1 Å². The first kappa shape index (κ1) is 15.6. The van der Waals surface area contributed by atoms with Crippen molar-refractivity contribution < 1.29 is 18.7 Å². The molecule has 0 aliphatic carbocycles. The first-order chi connectivity index (χ1) is 12.2. The molecule has 1 atom stereocenters. The van der Waals surface area contributed by atoms with E-state index in [1.807, 2.05) is 12.1 Å². The van der Waals surface area contributed by atoms with Crippen molar-refractivity contribution >= 4 is 5.97 Å². The summed E-state index contributed by atoms with van der Waals surface area (Å²) in [5, 5.41) is 17.2. The third-order valence-corrected chi connectivity index (χ3v) is 4.40. The van der Waals surface area contributed by atoms with Crippen molar-refractivity contribution in [1.29, 1.82) is 0 Å². The zero-order valence-corrected chi connectivity index (χ0v) is 13.5. The highest BCUT2D eigenvalue weighted by Crippen LogP contribution is 2.29. The molecule has 1 saturated heterocycles. The molecule has 2 aromatic heterocycles. The number of carboxylic acids is 1. The molecule has 7 heteroatoms. The number of hydrogen-bond donors (Lipinski definition) is 1. The summed E-state index contributed by atoms with van der Waals surface area (Å²) in [7, 11) is 0. The van der Waals surface area contributed by atoms with Gasteiger partial charge < -0.3 is 13.9 Å². The molecule has 0 bridgehead atoms. The Labute approximate surface area is 143 Å². The van der Waals surface area contributed by atoms with Gasteiger partial charge in [-0.2, -0.15) is 0 Å². The van der Waals surface area contributed by atoms with Crippen molar-refractivity contribution in [2.75, 3.05) is 13.1 Å². The van der Waals surface area contributed by atoms with Gasteiger partial charge in [0.2, 0.25) is 5.89 Å². The van der Waals surface area contributed by atoms with Crippen LogP contribution in [0, 0.1) is 0 Å². The lowest BCUT2D eigenvalue weighted by Gasteiger charge is -2.15. The number of likely N-dealkylation sites (tertiary alicyclic amines) is 1. The Morgan fingerprint density at radius 1 is 1.24 bits per heavy atom. The minimum atomic E-state index is -0.906. The van der Waals surface area contributed by atoms with Crippen molar-refractivity contribution in [3.05, 3.63) is 59.7 Å². The molecule has 1 aliphatic rings. The van der Waals surface area contributed by atoms with Gasteiger partial charge in [-0.15, -0.1) is 10.2 Å². The molecule has 3 heterocycles. The lowest BCUT2D eigenvalue weighted by atomic mass is 10.1. The fourth-order valence-electron chi connectivity index (χ4n) is 3.09. The molecule has 0 saturated carbocycles. The predicted molar refractivity (Wildman–Crippen MR) is 88.0 cm³/mol. The van der Waals surface area contributed by atoms with Crippen molar-refractivity contribution in [3.8, 4) is 11.7 Å². The second-order valence-electron chi connectivity index (χ2n) is 6.15. The summed E-state index contributed by atoms with van der Waals surface area (Å²) in [5.74, 6) is 0.913. The first-order valence-electron chi connectivity index (χ1n) is 8.11. The van der Waals surface area contributed by atoms with Crippen LogP contribution in [0.2, 0.25) is 0 Å². The van der Waals surface area contributed by atoms with Gasteiger partial charge in [0.25, 0.3) is 5.89 Å². The van der Waals surface area contributed by atoms with Crippen molar-refractivity contribution in [2.45, 2.75) is 18.9 Å². The standard InChI is InChI=1S/C18H17N3O4/c22-18(23)13-5-3-12(4-6-13)10-21-8-7-14(11-21)16-19-20-17(25-16)15-2-1-9-24-15/h1-6,9,14H,7-8,10-11H2,(H,22,23). The quantitative estimate of drug-likeness (QED) is 0.763. The summed E-state index contributed by atoms with van der Waals surface area (Å²) >= 11 is 0. The molecule has 3 aromatic rings. The molecular weight excluding hydrogens is 322 g/mol. The number of carboxylic acid groups (broad SMARTS) is 1. The minimum absolute atomic E-state index is 0.203. The van der Waals surface area contributed by atoms with Crippen LogP contribution in [0.3, 0.4) is 0 Å². The molecule has 1 aromatic carbocycles. The Bertz CT molecular complexity index is 855. The second-order valence-corrected chi connectivity index (χ2v) is 6.15. The van der Waals surface area contributed by atoms with Crippen LogP contribution in [-0.4, -0.2) is 39.3 Å². The molecule has 1 unspecified atom stereocenters. The Kier molecular flexibility index (Phi) is 4.07. The predicted octanol–water partition coefficient (Wildman–Crippen LogP) is 3.02. The van der Waals surface area contributed by atoms with E-state index in [-0.39, 0.29) is 5.92 Å². The van der Waals surface area contributed by atoms with E-state index >= 15 is 0 Å². The summed E-state index contributed by atoms with van der Waals surface area (Å²) in [6, 6.07) is 10.6.